The van der Waals surface area contributed by atoms with Gasteiger partial charge >= 0.3 is 0 Å². The first kappa shape index (κ1) is 10.1. The quantitative estimate of drug-likeness (QED) is 0.764. The Labute approximate surface area is 84.1 Å². The van der Waals surface area contributed by atoms with Crippen LogP contribution in [0.25, 0.3) is 0 Å². The Morgan fingerprint density at radius 3 is 2.71 bits per heavy atom. The van der Waals surface area contributed by atoms with Gasteiger partial charge < -0.3 is 10.6 Å². The molecule has 2 N–H and O–H groups in total. The molecule has 72 valence electrons. The molecule has 0 radical (unpaired) electrons. The van der Waals surface area contributed by atoms with Gasteiger partial charge in [-0.15, -0.1) is 0 Å². The zero-order valence-electron chi connectivity index (χ0n) is 8.39. The summed E-state index contributed by atoms with van der Waals surface area (Å²) in [6.45, 7) is 5.64. The van der Waals surface area contributed by atoms with E-state index in [4.69, 9.17) is 5.26 Å². The number of nitrogens with one attached hydrogen (secondary N) is 2. The molecular formula is C11H13N3. The second-order valence-electron chi connectivity index (χ2n) is 3.03. The molecule has 1 aromatic rings. The Bertz CT molecular complexity index is 388. The third kappa shape index (κ3) is 2.27. The van der Waals surface area contributed by atoms with Gasteiger partial charge in [-0.05, 0) is 25.1 Å². The molecule has 0 fully saturated rings. The van der Waals surface area contributed by atoms with Crippen LogP contribution in [-0.2, 0) is 0 Å². The van der Waals surface area contributed by atoms with E-state index in [-0.39, 0.29) is 0 Å². The lowest BCUT2D eigenvalue weighted by Crippen LogP contribution is -1.97. The highest BCUT2D eigenvalue weighted by molar-refractivity contribution is 5.65. The topological polar surface area (TPSA) is 47.9 Å². The van der Waals surface area contributed by atoms with Crippen molar-refractivity contribution in [2.24, 2.45) is 0 Å². The van der Waals surface area contributed by atoms with E-state index in [0.29, 0.717) is 5.56 Å². The minimum absolute atomic E-state index is 0.639. The van der Waals surface area contributed by atoms with Gasteiger partial charge in [0.25, 0.3) is 0 Å². The second-order valence-corrected chi connectivity index (χ2v) is 3.03. The molecule has 0 saturated heterocycles. The highest BCUT2D eigenvalue weighted by atomic mass is 14.9. The fourth-order valence-electron chi connectivity index (χ4n) is 1.17. The van der Waals surface area contributed by atoms with Gasteiger partial charge in [0.2, 0.25) is 0 Å². The Hall–Kier alpha value is -1.95. The van der Waals surface area contributed by atoms with Gasteiger partial charge in [-0.2, -0.15) is 5.26 Å². The van der Waals surface area contributed by atoms with E-state index in [1.807, 2.05) is 19.1 Å². The maximum Gasteiger partial charge on any atom is 0.101 e. The first-order valence-corrected chi connectivity index (χ1v) is 4.32. The molecule has 0 aromatic heterocycles. The van der Waals surface area contributed by atoms with E-state index < -0.39 is 0 Å². The molecule has 0 heterocycles. The number of hydrogen-bond acceptors (Lipinski definition) is 3. The molecule has 0 aliphatic carbocycles. The van der Waals surface area contributed by atoms with Gasteiger partial charge in [0.15, 0.2) is 0 Å². The summed E-state index contributed by atoms with van der Waals surface area (Å²) in [6, 6.07) is 7.63. The maximum atomic E-state index is 8.79. The molecule has 0 aliphatic rings. The number of benzene rings is 1. The van der Waals surface area contributed by atoms with E-state index in [1.165, 1.54) is 0 Å². The molecule has 3 heteroatoms. The Morgan fingerprint density at radius 2 is 2.21 bits per heavy atom. The van der Waals surface area contributed by atoms with Crippen molar-refractivity contribution in [3.05, 3.63) is 36.0 Å². The molecule has 3 nitrogen and oxygen atoms in total. The molecule has 1 aromatic carbocycles. The number of allylic oxidation sites excluding steroid dienone is 1. The lowest BCUT2D eigenvalue weighted by molar-refractivity contribution is 1.38. The zero-order valence-corrected chi connectivity index (χ0v) is 8.39. The predicted molar refractivity (Wildman–Crippen MR) is 59.1 cm³/mol. The van der Waals surface area contributed by atoms with Crippen LogP contribution in [0.3, 0.4) is 0 Å². The summed E-state index contributed by atoms with van der Waals surface area (Å²) in [4.78, 5) is 0. The van der Waals surface area contributed by atoms with E-state index in [1.54, 1.807) is 13.1 Å². The van der Waals surface area contributed by atoms with Crippen molar-refractivity contribution in [2.45, 2.75) is 6.92 Å². The van der Waals surface area contributed by atoms with Crippen LogP contribution in [0.4, 0.5) is 11.4 Å². The fourth-order valence-corrected chi connectivity index (χ4v) is 1.17. The third-order valence-corrected chi connectivity index (χ3v) is 1.77. The minimum atomic E-state index is 0.639. The summed E-state index contributed by atoms with van der Waals surface area (Å²) in [5.74, 6) is 0. The molecule has 0 spiro atoms. The lowest BCUT2D eigenvalue weighted by atomic mass is 10.1. The van der Waals surface area contributed by atoms with Crippen molar-refractivity contribution >= 4 is 11.4 Å². The van der Waals surface area contributed by atoms with Gasteiger partial charge in [0.05, 0.1) is 11.3 Å². The molecule has 0 amide bonds. The normalized spacial score (nSPS) is 8.93. The molecular weight excluding hydrogens is 174 g/mol. The highest BCUT2D eigenvalue weighted by Crippen LogP contribution is 2.20. The molecule has 0 saturated carbocycles. The number of nitrogens with zero attached hydrogens (tertiary/aromatic N) is 1. The largest absolute Gasteiger partial charge is 0.387 e. The molecule has 1 rings (SSSR count). The summed E-state index contributed by atoms with van der Waals surface area (Å²) in [7, 11) is 1.79. The fraction of sp³-hybridized carbons (Fsp3) is 0.182. The monoisotopic (exact) mass is 187 g/mol. The standard InChI is InChI=1S/C11H13N3/c1-8(2)14-10-5-4-9(7-12)11(6-10)13-3/h4-6,13-14H,1H2,2-3H3. The van der Waals surface area contributed by atoms with Crippen LogP contribution < -0.4 is 10.6 Å². The molecule has 0 bridgehead atoms. The van der Waals surface area contributed by atoms with E-state index in [2.05, 4.69) is 23.3 Å². The lowest BCUT2D eigenvalue weighted by Gasteiger charge is -2.08. The van der Waals surface area contributed by atoms with E-state index in [0.717, 1.165) is 17.1 Å². The van der Waals surface area contributed by atoms with Crippen molar-refractivity contribution < 1.29 is 0 Å². The molecule has 0 atom stereocenters. The average molecular weight is 187 g/mol. The van der Waals surface area contributed by atoms with Crippen molar-refractivity contribution in [3.63, 3.8) is 0 Å². The number of anilines is 2. The smallest absolute Gasteiger partial charge is 0.101 e. The van der Waals surface area contributed by atoms with Crippen LogP contribution >= 0.6 is 0 Å². The maximum absolute atomic E-state index is 8.79. The Morgan fingerprint density at radius 1 is 1.50 bits per heavy atom. The summed E-state index contributed by atoms with van der Waals surface area (Å²) < 4.78 is 0. The summed E-state index contributed by atoms with van der Waals surface area (Å²) in [5, 5.41) is 14.8. The van der Waals surface area contributed by atoms with Crippen molar-refractivity contribution in [2.75, 3.05) is 17.7 Å². The van der Waals surface area contributed by atoms with Gasteiger partial charge in [0.1, 0.15) is 6.07 Å². The van der Waals surface area contributed by atoms with E-state index >= 15 is 0 Å². The molecule has 14 heavy (non-hydrogen) atoms. The molecule has 0 unspecified atom stereocenters. The number of rotatable bonds is 3. The summed E-state index contributed by atoms with van der Waals surface area (Å²) in [6.07, 6.45) is 0. The third-order valence-electron chi connectivity index (χ3n) is 1.77. The van der Waals surface area contributed by atoms with Crippen LogP contribution in [0.5, 0.6) is 0 Å². The minimum Gasteiger partial charge on any atom is -0.387 e. The van der Waals surface area contributed by atoms with Crippen molar-refractivity contribution in [1.29, 1.82) is 5.26 Å². The Balaban J connectivity index is 3.03. The summed E-state index contributed by atoms with van der Waals surface area (Å²) in [5.41, 5.74) is 3.26. The SMILES string of the molecule is C=C(C)Nc1ccc(C#N)c(NC)c1. The number of nitriles is 1. The predicted octanol–water partition coefficient (Wildman–Crippen LogP) is 2.55. The van der Waals surface area contributed by atoms with Gasteiger partial charge in [-0.1, -0.05) is 6.58 Å². The van der Waals surface area contributed by atoms with Crippen LogP contribution in [0, 0.1) is 11.3 Å². The summed E-state index contributed by atoms with van der Waals surface area (Å²) >= 11 is 0. The average Bonchev–Trinajstić information content (AvgIpc) is 2.16. The first-order chi connectivity index (χ1) is 6.67. The van der Waals surface area contributed by atoms with Crippen molar-refractivity contribution in [1.82, 2.24) is 0 Å². The number of hydrogen-bond donors (Lipinski definition) is 2. The van der Waals surface area contributed by atoms with Gasteiger partial charge in [-0.3, -0.25) is 0 Å². The van der Waals surface area contributed by atoms with Gasteiger partial charge in [0, 0.05) is 18.4 Å². The van der Waals surface area contributed by atoms with Crippen LogP contribution in [0.2, 0.25) is 0 Å². The molecule has 0 aliphatic heterocycles. The van der Waals surface area contributed by atoms with E-state index in [9.17, 15) is 0 Å². The van der Waals surface area contributed by atoms with Crippen LogP contribution in [-0.4, -0.2) is 7.05 Å². The van der Waals surface area contributed by atoms with Crippen LogP contribution in [0.1, 0.15) is 12.5 Å². The van der Waals surface area contributed by atoms with Crippen molar-refractivity contribution in [3.8, 4) is 6.07 Å². The zero-order chi connectivity index (χ0) is 10.6. The van der Waals surface area contributed by atoms with Crippen LogP contribution in [0.15, 0.2) is 30.5 Å². The van der Waals surface area contributed by atoms with Gasteiger partial charge in [-0.25, -0.2) is 0 Å². The first-order valence-electron chi connectivity index (χ1n) is 4.32. The second kappa shape index (κ2) is 4.33. The highest BCUT2D eigenvalue weighted by Gasteiger charge is 2.00. The Kier molecular flexibility index (Phi) is 3.14.